The zero-order chi connectivity index (χ0) is 15.3. The largest absolute Gasteiger partial charge is 0.478 e. The number of nitrogens with zero attached hydrogens (tertiary/aromatic N) is 1. The van der Waals surface area contributed by atoms with Gasteiger partial charge in [0.25, 0.3) is 0 Å². The van der Waals surface area contributed by atoms with Crippen LogP contribution in [-0.4, -0.2) is 41.7 Å². The number of rotatable bonds is 7. The van der Waals surface area contributed by atoms with Gasteiger partial charge in [-0.15, -0.1) is 0 Å². The van der Waals surface area contributed by atoms with E-state index in [-0.39, 0.29) is 11.7 Å². The van der Waals surface area contributed by atoms with Crippen LogP contribution in [0, 0.1) is 5.82 Å². The molecule has 0 saturated heterocycles. The minimum atomic E-state index is -1.32. The van der Waals surface area contributed by atoms with Crippen LogP contribution in [0.5, 0.6) is 0 Å². The molecule has 1 unspecified atom stereocenters. The van der Waals surface area contributed by atoms with E-state index in [4.69, 9.17) is 10.8 Å². The average molecular weight is 283 g/mol. The number of hydrogen-bond acceptors (Lipinski definition) is 4. The molecule has 0 spiro atoms. The van der Waals surface area contributed by atoms with Gasteiger partial charge in [0, 0.05) is 12.6 Å². The minimum absolute atomic E-state index is 0.0762. The first-order valence-corrected chi connectivity index (χ1v) is 6.70. The molecule has 0 radical (unpaired) electrons. The highest BCUT2D eigenvalue weighted by Gasteiger charge is 2.15. The molecule has 0 aliphatic rings. The quantitative estimate of drug-likeness (QED) is 0.669. The van der Waals surface area contributed by atoms with E-state index in [1.165, 1.54) is 0 Å². The lowest BCUT2D eigenvalue weighted by Gasteiger charge is -2.24. The predicted octanol–water partition coefficient (Wildman–Crippen LogP) is 2.25. The fourth-order valence-electron chi connectivity index (χ4n) is 2.06. The van der Waals surface area contributed by atoms with E-state index >= 15 is 0 Å². The van der Waals surface area contributed by atoms with Crippen molar-refractivity contribution in [3.8, 4) is 0 Å². The summed E-state index contributed by atoms with van der Waals surface area (Å²) in [4.78, 5) is 13.0. The fraction of sp³-hybridized carbons (Fsp3) is 0.500. The summed E-state index contributed by atoms with van der Waals surface area (Å²) in [7, 11) is 0. The number of carboxylic acids is 1. The van der Waals surface area contributed by atoms with Gasteiger partial charge in [0.15, 0.2) is 0 Å². The summed E-state index contributed by atoms with van der Waals surface area (Å²) in [6.45, 7) is 8.79. The molecule has 1 aromatic rings. The second-order valence-electron chi connectivity index (χ2n) is 4.76. The van der Waals surface area contributed by atoms with Crippen molar-refractivity contribution in [3.05, 3.63) is 23.5 Å². The lowest BCUT2D eigenvalue weighted by molar-refractivity contribution is 0.0692. The minimum Gasteiger partial charge on any atom is -0.478 e. The van der Waals surface area contributed by atoms with Crippen LogP contribution in [0.3, 0.4) is 0 Å². The fourth-order valence-corrected chi connectivity index (χ4v) is 2.06. The normalized spacial score (nSPS) is 12.4. The Hall–Kier alpha value is -1.82. The molecule has 0 fully saturated rings. The first-order valence-electron chi connectivity index (χ1n) is 6.70. The Kier molecular flexibility index (Phi) is 5.76. The number of anilines is 2. The molecule has 4 N–H and O–H groups in total. The molecule has 0 aliphatic heterocycles. The van der Waals surface area contributed by atoms with Crippen molar-refractivity contribution in [2.24, 2.45) is 0 Å². The van der Waals surface area contributed by atoms with Crippen LogP contribution in [0.4, 0.5) is 15.8 Å². The van der Waals surface area contributed by atoms with E-state index in [9.17, 15) is 9.18 Å². The molecule has 1 aromatic carbocycles. The number of nitrogen functional groups attached to an aromatic ring is 1. The number of aromatic carboxylic acids is 1. The Morgan fingerprint density at radius 1 is 1.45 bits per heavy atom. The number of carbonyl (C=O) groups is 1. The first kappa shape index (κ1) is 16.2. The van der Waals surface area contributed by atoms with Crippen molar-refractivity contribution < 1.29 is 14.3 Å². The Balaban J connectivity index is 2.82. The molecule has 20 heavy (non-hydrogen) atoms. The maximum absolute atomic E-state index is 13.6. The summed E-state index contributed by atoms with van der Waals surface area (Å²) in [5.41, 5.74) is 6.01. The second-order valence-corrected chi connectivity index (χ2v) is 4.76. The van der Waals surface area contributed by atoms with Crippen LogP contribution >= 0.6 is 0 Å². The number of nitrogens with one attached hydrogen (secondary N) is 1. The molecule has 6 heteroatoms. The van der Waals surface area contributed by atoms with Crippen LogP contribution in [0.2, 0.25) is 0 Å². The highest BCUT2D eigenvalue weighted by molar-refractivity contribution is 5.90. The van der Waals surface area contributed by atoms with Gasteiger partial charge in [0.2, 0.25) is 0 Å². The van der Waals surface area contributed by atoms with Crippen molar-refractivity contribution in [1.29, 1.82) is 0 Å². The van der Waals surface area contributed by atoms with Crippen LogP contribution in [0.15, 0.2) is 12.1 Å². The van der Waals surface area contributed by atoms with Crippen LogP contribution in [-0.2, 0) is 0 Å². The van der Waals surface area contributed by atoms with Gasteiger partial charge in [0.1, 0.15) is 5.82 Å². The molecule has 0 heterocycles. The Morgan fingerprint density at radius 2 is 2.05 bits per heavy atom. The number of hydrogen-bond donors (Lipinski definition) is 3. The van der Waals surface area contributed by atoms with Gasteiger partial charge in [0.05, 0.1) is 16.9 Å². The molecule has 5 nitrogen and oxygen atoms in total. The van der Waals surface area contributed by atoms with Gasteiger partial charge in [-0.05, 0) is 32.1 Å². The maximum atomic E-state index is 13.6. The highest BCUT2D eigenvalue weighted by Crippen LogP contribution is 2.23. The summed E-state index contributed by atoms with van der Waals surface area (Å²) >= 11 is 0. The van der Waals surface area contributed by atoms with E-state index in [2.05, 4.69) is 24.1 Å². The smallest absolute Gasteiger partial charge is 0.338 e. The molecular weight excluding hydrogens is 261 g/mol. The summed E-state index contributed by atoms with van der Waals surface area (Å²) in [6, 6.07) is 2.36. The van der Waals surface area contributed by atoms with E-state index in [1.54, 1.807) is 0 Å². The monoisotopic (exact) mass is 283 g/mol. The summed E-state index contributed by atoms with van der Waals surface area (Å²) < 4.78 is 13.6. The molecule has 1 rings (SSSR count). The Morgan fingerprint density at radius 3 is 2.55 bits per heavy atom. The number of nitrogens with two attached hydrogens (primary N) is 1. The summed E-state index contributed by atoms with van der Waals surface area (Å²) in [5.74, 6) is -2.11. The zero-order valence-electron chi connectivity index (χ0n) is 12.1. The number of carboxylic acid groups (broad SMARTS) is 1. The predicted molar refractivity (Wildman–Crippen MR) is 78.6 cm³/mol. The number of halogens is 1. The van der Waals surface area contributed by atoms with E-state index in [0.717, 1.165) is 31.8 Å². The van der Waals surface area contributed by atoms with Crippen LogP contribution < -0.4 is 11.1 Å². The third kappa shape index (κ3) is 4.09. The molecule has 0 saturated carbocycles. The topological polar surface area (TPSA) is 78.6 Å². The number of likely N-dealkylation sites (N-methyl/N-ethyl adjacent to an activating group) is 1. The average Bonchev–Trinajstić information content (AvgIpc) is 2.39. The lowest BCUT2D eigenvalue weighted by atomic mass is 10.1. The maximum Gasteiger partial charge on any atom is 0.338 e. The van der Waals surface area contributed by atoms with E-state index < -0.39 is 17.3 Å². The first-order chi connectivity index (χ1) is 9.38. The van der Waals surface area contributed by atoms with Crippen molar-refractivity contribution in [1.82, 2.24) is 4.90 Å². The molecular formula is C14H22FN3O2. The van der Waals surface area contributed by atoms with Crippen molar-refractivity contribution in [2.75, 3.05) is 30.7 Å². The lowest BCUT2D eigenvalue weighted by Crippen LogP contribution is -2.34. The molecule has 112 valence electrons. The van der Waals surface area contributed by atoms with Gasteiger partial charge in [-0.3, -0.25) is 0 Å². The Labute approximate surface area is 118 Å². The third-order valence-corrected chi connectivity index (χ3v) is 3.20. The van der Waals surface area contributed by atoms with Crippen molar-refractivity contribution >= 4 is 17.3 Å². The number of benzene rings is 1. The zero-order valence-corrected chi connectivity index (χ0v) is 12.1. The van der Waals surface area contributed by atoms with Gasteiger partial charge in [-0.1, -0.05) is 13.8 Å². The van der Waals surface area contributed by atoms with Crippen molar-refractivity contribution in [3.63, 3.8) is 0 Å². The van der Waals surface area contributed by atoms with Gasteiger partial charge >= 0.3 is 5.97 Å². The van der Waals surface area contributed by atoms with Gasteiger partial charge in [-0.2, -0.15) is 0 Å². The van der Waals surface area contributed by atoms with Crippen molar-refractivity contribution in [2.45, 2.75) is 26.8 Å². The van der Waals surface area contributed by atoms with Gasteiger partial charge in [-0.25, -0.2) is 9.18 Å². The molecule has 0 bridgehead atoms. The van der Waals surface area contributed by atoms with E-state index in [1.807, 2.05) is 6.92 Å². The van der Waals surface area contributed by atoms with E-state index in [0.29, 0.717) is 5.69 Å². The third-order valence-electron chi connectivity index (χ3n) is 3.20. The second kappa shape index (κ2) is 7.09. The molecule has 1 atom stereocenters. The highest BCUT2D eigenvalue weighted by atomic mass is 19.1. The summed E-state index contributed by atoms with van der Waals surface area (Å²) in [6.07, 6.45) is 0. The molecule has 0 aliphatic carbocycles. The standard InChI is InChI=1S/C14H22FN3O2/c1-4-18(5-2)8-9(3)17-13-7-11(15)10(14(19)20)6-12(13)16/h6-7,9,17H,4-5,8,16H2,1-3H3,(H,19,20). The molecule has 0 aromatic heterocycles. The SMILES string of the molecule is CCN(CC)CC(C)Nc1cc(F)c(C(=O)O)cc1N. The van der Waals surface area contributed by atoms with Crippen LogP contribution in [0.1, 0.15) is 31.1 Å². The van der Waals surface area contributed by atoms with Gasteiger partial charge < -0.3 is 21.1 Å². The summed E-state index contributed by atoms with van der Waals surface area (Å²) in [5, 5.41) is 11.9. The molecule has 0 amide bonds. The van der Waals surface area contributed by atoms with Crippen LogP contribution in [0.25, 0.3) is 0 Å². The Bertz CT molecular complexity index is 476.